The molecule has 1 saturated heterocycles. The molecule has 1 fully saturated rings. The van der Waals surface area contributed by atoms with Crippen molar-refractivity contribution in [3.05, 3.63) is 35.4 Å². The number of guanidine groups is 1. The van der Waals surface area contributed by atoms with E-state index in [-0.39, 0.29) is 35.8 Å². The Morgan fingerprint density at radius 1 is 1.20 bits per heavy atom. The number of carbonyl (C=O) groups is 2. The molecule has 0 radical (unpaired) electrons. The van der Waals surface area contributed by atoms with Gasteiger partial charge in [0.05, 0.1) is 6.54 Å². The van der Waals surface area contributed by atoms with Crippen LogP contribution in [0.4, 0.5) is 0 Å². The number of nitrogens with zero attached hydrogens (tertiary/aromatic N) is 3. The number of hydrogen-bond acceptors (Lipinski definition) is 3. The maximum absolute atomic E-state index is 12.0. The second-order valence-corrected chi connectivity index (χ2v) is 7.56. The molecule has 1 atom stereocenters. The zero-order valence-electron chi connectivity index (χ0n) is 18.6. The molecule has 30 heavy (non-hydrogen) atoms. The van der Waals surface area contributed by atoms with E-state index < -0.39 is 0 Å². The van der Waals surface area contributed by atoms with Crippen molar-refractivity contribution in [1.82, 2.24) is 20.4 Å². The third-order valence-electron chi connectivity index (χ3n) is 5.16. The largest absolute Gasteiger partial charge is 0.357 e. The quantitative estimate of drug-likeness (QED) is 0.293. The summed E-state index contributed by atoms with van der Waals surface area (Å²) in [6.07, 6.45) is 3.55. The Morgan fingerprint density at radius 3 is 2.43 bits per heavy atom. The summed E-state index contributed by atoms with van der Waals surface area (Å²) in [5.41, 5.74) is 1.72. The number of rotatable bonds is 9. The average molecular weight is 529 g/mol. The van der Waals surface area contributed by atoms with E-state index in [9.17, 15) is 9.59 Å². The standard InChI is InChI=1S/C22H35N5O2.HI/c1-5-19(27-15-7-8-20(27)28)13-14-24-22(23-6-2)25-16-17-9-11-18(12-10-17)21(29)26(3)4;/h9-12,19H,5-8,13-16H2,1-4H3,(H2,23,24,25);1H. The van der Waals surface area contributed by atoms with Gasteiger partial charge in [-0.1, -0.05) is 19.1 Å². The molecule has 0 saturated carbocycles. The fourth-order valence-electron chi connectivity index (χ4n) is 3.52. The molecular weight excluding hydrogens is 493 g/mol. The van der Waals surface area contributed by atoms with Crippen LogP contribution in [0.25, 0.3) is 0 Å². The van der Waals surface area contributed by atoms with Gasteiger partial charge < -0.3 is 20.4 Å². The van der Waals surface area contributed by atoms with Crippen LogP contribution in [0.5, 0.6) is 0 Å². The molecule has 1 heterocycles. The monoisotopic (exact) mass is 529 g/mol. The van der Waals surface area contributed by atoms with Gasteiger partial charge in [-0.3, -0.25) is 9.59 Å². The van der Waals surface area contributed by atoms with Crippen molar-refractivity contribution in [1.29, 1.82) is 0 Å². The van der Waals surface area contributed by atoms with E-state index in [0.717, 1.165) is 50.4 Å². The normalized spacial score (nSPS) is 14.9. The van der Waals surface area contributed by atoms with E-state index in [1.807, 2.05) is 36.1 Å². The summed E-state index contributed by atoms with van der Waals surface area (Å²) in [4.78, 5) is 32.2. The zero-order valence-corrected chi connectivity index (χ0v) is 20.9. The second kappa shape index (κ2) is 13.5. The third-order valence-corrected chi connectivity index (χ3v) is 5.16. The molecule has 8 heteroatoms. The summed E-state index contributed by atoms with van der Waals surface area (Å²) >= 11 is 0. The highest BCUT2D eigenvalue weighted by molar-refractivity contribution is 14.0. The van der Waals surface area contributed by atoms with E-state index in [1.165, 1.54) is 0 Å². The predicted octanol–water partition coefficient (Wildman–Crippen LogP) is 2.85. The van der Waals surface area contributed by atoms with Crippen LogP contribution in [0, 0.1) is 0 Å². The van der Waals surface area contributed by atoms with Crippen LogP contribution in [-0.2, 0) is 11.3 Å². The van der Waals surface area contributed by atoms with Gasteiger partial charge >= 0.3 is 0 Å². The Morgan fingerprint density at radius 2 is 1.90 bits per heavy atom. The fraction of sp³-hybridized carbons (Fsp3) is 0.591. The molecule has 0 spiro atoms. The van der Waals surface area contributed by atoms with Crippen molar-refractivity contribution in [3.63, 3.8) is 0 Å². The van der Waals surface area contributed by atoms with Gasteiger partial charge in [0.2, 0.25) is 5.91 Å². The fourth-order valence-corrected chi connectivity index (χ4v) is 3.52. The predicted molar refractivity (Wildman–Crippen MR) is 132 cm³/mol. The lowest BCUT2D eigenvalue weighted by Crippen LogP contribution is -2.42. The molecule has 1 aliphatic rings. The van der Waals surface area contributed by atoms with Crippen LogP contribution < -0.4 is 10.6 Å². The lowest BCUT2D eigenvalue weighted by atomic mass is 10.1. The minimum atomic E-state index is -0.00276. The van der Waals surface area contributed by atoms with Crippen LogP contribution >= 0.6 is 24.0 Å². The van der Waals surface area contributed by atoms with Gasteiger partial charge in [0, 0.05) is 51.8 Å². The van der Waals surface area contributed by atoms with Gasteiger partial charge in [-0.25, -0.2) is 4.99 Å². The molecule has 2 N–H and O–H groups in total. The summed E-state index contributed by atoms with van der Waals surface area (Å²) < 4.78 is 0. The zero-order chi connectivity index (χ0) is 21.2. The number of carbonyl (C=O) groups excluding carboxylic acids is 2. The maximum atomic E-state index is 12.0. The first-order chi connectivity index (χ1) is 14.0. The van der Waals surface area contributed by atoms with Gasteiger partial charge in [-0.2, -0.15) is 0 Å². The minimum absolute atomic E-state index is 0. The van der Waals surface area contributed by atoms with Crippen molar-refractivity contribution < 1.29 is 9.59 Å². The van der Waals surface area contributed by atoms with E-state index >= 15 is 0 Å². The molecule has 1 aromatic carbocycles. The molecular formula is C22H36IN5O2. The van der Waals surface area contributed by atoms with Crippen LogP contribution in [0.3, 0.4) is 0 Å². The number of amides is 2. The summed E-state index contributed by atoms with van der Waals surface area (Å²) in [7, 11) is 3.50. The highest BCUT2D eigenvalue weighted by Gasteiger charge is 2.26. The Bertz CT molecular complexity index is 706. The number of benzene rings is 1. The third kappa shape index (κ3) is 7.77. The number of hydrogen-bond donors (Lipinski definition) is 2. The highest BCUT2D eigenvalue weighted by Crippen LogP contribution is 2.17. The van der Waals surface area contributed by atoms with Crippen molar-refractivity contribution in [2.24, 2.45) is 4.99 Å². The van der Waals surface area contributed by atoms with Gasteiger partial charge in [-0.15, -0.1) is 24.0 Å². The smallest absolute Gasteiger partial charge is 0.253 e. The molecule has 7 nitrogen and oxygen atoms in total. The van der Waals surface area contributed by atoms with E-state index in [4.69, 9.17) is 0 Å². The Labute approximate surface area is 197 Å². The SMILES string of the molecule is CCNC(=NCc1ccc(C(=O)N(C)C)cc1)NCCC(CC)N1CCCC1=O.I. The van der Waals surface area contributed by atoms with Crippen LogP contribution in [0.1, 0.15) is 55.5 Å². The molecule has 1 aromatic rings. The van der Waals surface area contributed by atoms with E-state index in [0.29, 0.717) is 24.6 Å². The Hall–Kier alpha value is -1.84. The molecule has 2 rings (SSSR count). The summed E-state index contributed by atoms with van der Waals surface area (Å²) in [5, 5.41) is 6.64. The van der Waals surface area contributed by atoms with Crippen molar-refractivity contribution in [2.75, 3.05) is 33.7 Å². The molecule has 0 aromatic heterocycles. The van der Waals surface area contributed by atoms with Gasteiger partial charge in [-0.05, 0) is 43.9 Å². The molecule has 0 bridgehead atoms. The molecule has 1 aliphatic heterocycles. The topological polar surface area (TPSA) is 77.0 Å². The van der Waals surface area contributed by atoms with Gasteiger partial charge in [0.25, 0.3) is 5.91 Å². The van der Waals surface area contributed by atoms with Crippen molar-refractivity contribution in [3.8, 4) is 0 Å². The van der Waals surface area contributed by atoms with E-state index in [1.54, 1.807) is 19.0 Å². The summed E-state index contributed by atoms with van der Waals surface area (Å²) in [6.45, 7) is 7.15. The lowest BCUT2D eigenvalue weighted by Gasteiger charge is -2.27. The molecule has 168 valence electrons. The average Bonchev–Trinajstić information content (AvgIpc) is 3.14. The number of likely N-dealkylation sites (tertiary alicyclic amines) is 1. The first kappa shape index (κ1) is 26.2. The number of halogens is 1. The number of nitrogens with one attached hydrogen (secondary N) is 2. The maximum Gasteiger partial charge on any atom is 0.253 e. The first-order valence-corrected chi connectivity index (χ1v) is 10.6. The second-order valence-electron chi connectivity index (χ2n) is 7.56. The molecule has 2 amide bonds. The lowest BCUT2D eigenvalue weighted by molar-refractivity contribution is -0.129. The highest BCUT2D eigenvalue weighted by atomic mass is 127. The van der Waals surface area contributed by atoms with E-state index in [2.05, 4.69) is 22.5 Å². The van der Waals surface area contributed by atoms with Crippen LogP contribution in [0.15, 0.2) is 29.3 Å². The molecule has 0 aliphatic carbocycles. The Kier molecular flexibility index (Phi) is 11.8. The molecule has 1 unspecified atom stereocenters. The Balaban J connectivity index is 0.00000450. The van der Waals surface area contributed by atoms with Crippen molar-refractivity contribution in [2.45, 2.75) is 52.1 Å². The summed E-state index contributed by atoms with van der Waals surface area (Å²) in [5.74, 6) is 1.05. The van der Waals surface area contributed by atoms with Gasteiger partial charge in [0.1, 0.15) is 0 Å². The minimum Gasteiger partial charge on any atom is -0.357 e. The summed E-state index contributed by atoms with van der Waals surface area (Å²) in [6, 6.07) is 7.85. The van der Waals surface area contributed by atoms with Crippen LogP contribution in [-0.4, -0.2) is 67.3 Å². The number of aliphatic imine (C=N–C) groups is 1. The first-order valence-electron chi connectivity index (χ1n) is 10.6. The van der Waals surface area contributed by atoms with Gasteiger partial charge in [0.15, 0.2) is 5.96 Å². The van der Waals surface area contributed by atoms with Crippen molar-refractivity contribution >= 4 is 41.8 Å². The van der Waals surface area contributed by atoms with Crippen LogP contribution in [0.2, 0.25) is 0 Å².